The quantitative estimate of drug-likeness (QED) is 0.870. The van der Waals surface area contributed by atoms with Crippen LogP contribution in [0.15, 0.2) is 54.6 Å². The molecule has 0 bridgehead atoms. The SMILES string of the molecule is CC(C)C(NC(=O)COc1ccccc1)C(=O)N1CCc2ccccc21. The minimum Gasteiger partial charge on any atom is -0.484 e. The van der Waals surface area contributed by atoms with Crippen molar-refractivity contribution in [1.29, 1.82) is 0 Å². The molecular formula is C21H24N2O3. The maximum atomic E-state index is 13.0. The number of nitrogens with one attached hydrogen (secondary N) is 1. The first-order chi connectivity index (χ1) is 12.6. The summed E-state index contributed by atoms with van der Waals surface area (Å²) in [5.74, 6) is 0.242. The summed E-state index contributed by atoms with van der Waals surface area (Å²) in [5, 5.41) is 2.84. The average Bonchev–Trinajstić information content (AvgIpc) is 3.08. The molecule has 0 aliphatic carbocycles. The number of benzene rings is 2. The molecule has 136 valence electrons. The van der Waals surface area contributed by atoms with Crippen molar-refractivity contribution in [3.8, 4) is 5.75 Å². The average molecular weight is 352 g/mol. The van der Waals surface area contributed by atoms with Crippen LogP contribution in [0.25, 0.3) is 0 Å². The van der Waals surface area contributed by atoms with Gasteiger partial charge in [-0.05, 0) is 36.1 Å². The van der Waals surface area contributed by atoms with E-state index in [9.17, 15) is 9.59 Å². The zero-order valence-electron chi connectivity index (χ0n) is 15.1. The Labute approximate surface area is 154 Å². The lowest BCUT2D eigenvalue weighted by Gasteiger charge is -2.27. The van der Waals surface area contributed by atoms with Crippen LogP contribution in [0.2, 0.25) is 0 Å². The van der Waals surface area contributed by atoms with Crippen LogP contribution in [0, 0.1) is 5.92 Å². The van der Waals surface area contributed by atoms with E-state index >= 15 is 0 Å². The van der Waals surface area contributed by atoms with Gasteiger partial charge in [0.25, 0.3) is 5.91 Å². The first kappa shape index (κ1) is 18.0. The number of hydrogen-bond donors (Lipinski definition) is 1. The number of rotatable bonds is 6. The zero-order valence-corrected chi connectivity index (χ0v) is 15.1. The van der Waals surface area contributed by atoms with Crippen molar-refractivity contribution in [1.82, 2.24) is 5.32 Å². The number of amides is 2. The molecule has 5 heteroatoms. The van der Waals surface area contributed by atoms with E-state index in [1.165, 1.54) is 5.56 Å². The number of para-hydroxylation sites is 2. The second-order valence-corrected chi connectivity index (χ2v) is 6.76. The Morgan fingerprint density at radius 1 is 1.08 bits per heavy atom. The molecule has 2 aromatic carbocycles. The van der Waals surface area contributed by atoms with Gasteiger partial charge in [0.2, 0.25) is 5.91 Å². The van der Waals surface area contributed by atoms with Gasteiger partial charge in [-0.25, -0.2) is 0 Å². The largest absolute Gasteiger partial charge is 0.484 e. The maximum Gasteiger partial charge on any atom is 0.258 e. The molecule has 2 aromatic rings. The van der Waals surface area contributed by atoms with Gasteiger partial charge in [-0.2, -0.15) is 0 Å². The highest BCUT2D eigenvalue weighted by molar-refractivity contribution is 6.01. The highest BCUT2D eigenvalue weighted by Crippen LogP contribution is 2.28. The van der Waals surface area contributed by atoms with Crippen molar-refractivity contribution in [2.24, 2.45) is 5.92 Å². The summed E-state index contributed by atoms with van der Waals surface area (Å²) in [7, 11) is 0. The van der Waals surface area contributed by atoms with Crippen LogP contribution >= 0.6 is 0 Å². The topological polar surface area (TPSA) is 58.6 Å². The molecule has 2 amide bonds. The van der Waals surface area contributed by atoms with Crippen LogP contribution in [-0.4, -0.2) is 31.0 Å². The highest BCUT2D eigenvalue weighted by atomic mass is 16.5. The maximum absolute atomic E-state index is 13.0. The number of carbonyl (C=O) groups is 2. The molecule has 26 heavy (non-hydrogen) atoms. The summed E-state index contributed by atoms with van der Waals surface area (Å²) in [6.07, 6.45) is 0.845. The van der Waals surface area contributed by atoms with E-state index in [-0.39, 0.29) is 24.3 Å². The third-order valence-corrected chi connectivity index (χ3v) is 4.52. The summed E-state index contributed by atoms with van der Waals surface area (Å²) in [5.41, 5.74) is 2.11. The first-order valence-electron chi connectivity index (χ1n) is 8.93. The van der Waals surface area contributed by atoms with Gasteiger partial charge >= 0.3 is 0 Å². The molecule has 1 aliphatic rings. The number of fused-ring (bicyclic) bond motifs is 1. The van der Waals surface area contributed by atoms with Crippen LogP contribution in [-0.2, 0) is 16.0 Å². The summed E-state index contributed by atoms with van der Waals surface area (Å²) in [6, 6.07) is 16.5. The first-order valence-corrected chi connectivity index (χ1v) is 8.93. The number of ether oxygens (including phenoxy) is 1. The van der Waals surface area contributed by atoms with Crippen LogP contribution in [0.1, 0.15) is 19.4 Å². The van der Waals surface area contributed by atoms with Gasteiger partial charge in [0.15, 0.2) is 6.61 Å². The van der Waals surface area contributed by atoms with Gasteiger partial charge in [0.05, 0.1) is 0 Å². The minimum absolute atomic E-state index is 0.0177. The van der Waals surface area contributed by atoms with Gasteiger partial charge in [0, 0.05) is 12.2 Å². The summed E-state index contributed by atoms with van der Waals surface area (Å²) < 4.78 is 5.47. The van der Waals surface area contributed by atoms with Crippen molar-refractivity contribution >= 4 is 17.5 Å². The van der Waals surface area contributed by atoms with E-state index in [0.29, 0.717) is 12.3 Å². The van der Waals surface area contributed by atoms with Gasteiger partial charge in [-0.1, -0.05) is 50.2 Å². The Hall–Kier alpha value is -2.82. The predicted molar refractivity (Wildman–Crippen MR) is 101 cm³/mol. The van der Waals surface area contributed by atoms with E-state index in [4.69, 9.17) is 4.74 Å². The zero-order chi connectivity index (χ0) is 18.5. The molecule has 1 unspecified atom stereocenters. The number of nitrogens with zero attached hydrogens (tertiary/aromatic N) is 1. The van der Waals surface area contributed by atoms with E-state index in [2.05, 4.69) is 5.32 Å². The fourth-order valence-electron chi connectivity index (χ4n) is 3.13. The molecule has 1 N–H and O–H groups in total. The van der Waals surface area contributed by atoms with E-state index < -0.39 is 6.04 Å². The summed E-state index contributed by atoms with van der Waals surface area (Å²) in [6.45, 7) is 4.40. The molecule has 0 saturated heterocycles. The fraction of sp³-hybridized carbons (Fsp3) is 0.333. The molecule has 0 saturated carbocycles. The van der Waals surface area contributed by atoms with Gasteiger partial charge in [0.1, 0.15) is 11.8 Å². The second kappa shape index (κ2) is 8.04. The van der Waals surface area contributed by atoms with Crippen molar-refractivity contribution in [2.45, 2.75) is 26.3 Å². The minimum atomic E-state index is -0.576. The van der Waals surface area contributed by atoms with Crippen molar-refractivity contribution in [3.05, 3.63) is 60.2 Å². The van der Waals surface area contributed by atoms with Crippen LogP contribution in [0.3, 0.4) is 0 Å². The van der Waals surface area contributed by atoms with Crippen molar-refractivity contribution in [3.63, 3.8) is 0 Å². The molecule has 5 nitrogen and oxygen atoms in total. The van der Waals surface area contributed by atoms with Gasteiger partial charge < -0.3 is 15.0 Å². The van der Waals surface area contributed by atoms with Crippen molar-refractivity contribution < 1.29 is 14.3 Å². The Morgan fingerprint density at radius 3 is 2.50 bits per heavy atom. The lowest BCUT2D eigenvalue weighted by atomic mass is 10.0. The van der Waals surface area contributed by atoms with Gasteiger partial charge in [-0.15, -0.1) is 0 Å². The lowest BCUT2D eigenvalue weighted by molar-refractivity contribution is -0.129. The molecule has 0 radical (unpaired) electrons. The number of carbonyl (C=O) groups excluding carboxylic acids is 2. The third kappa shape index (κ3) is 4.04. The molecular weight excluding hydrogens is 328 g/mol. The van der Waals surface area contributed by atoms with Crippen LogP contribution in [0.4, 0.5) is 5.69 Å². The normalized spacial score (nSPS) is 14.0. The monoisotopic (exact) mass is 352 g/mol. The lowest BCUT2D eigenvalue weighted by Crippen LogP contribution is -2.52. The Balaban J connectivity index is 1.64. The molecule has 0 spiro atoms. The highest BCUT2D eigenvalue weighted by Gasteiger charge is 2.32. The number of hydrogen-bond acceptors (Lipinski definition) is 3. The molecule has 0 aromatic heterocycles. The van der Waals surface area contributed by atoms with E-state index in [0.717, 1.165) is 12.1 Å². The van der Waals surface area contributed by atoms with Crippen LogP contribution in [0.5, 0.6) is 5.75 Å². The predicted octanol–water partition coefficient (Wildman–Crippen LogP) is 2.80. The Kier molecular flexibility index (Phi) is 5.56. The van der Waals surface area contributed by atoms with Crippen molar-refractivity contribution in [2.75, 3.05) is 18.1 Å². The summed E-state index contributed by atoms with van der Waals surface area (Å²) >= 11 is 0. The summed E-state index contributed by atoms with van der Waals surface area (Å²) in [4.78, 5) is 27.1. The van der Waals surface area contributed by atoms with Gasteiger partial charge in [-0.3, -0.25) is 9.59 Å². The molecule has 1 aliphatic heterocycles. The third-order valence-electron chi connectivity index (χ3n) is 4.52. The van der Waals surface area contributed by atoms with E-state index in [1.54, 1.807) is 17.0 Å². The molecule has 1 atom stereocenters. The molecule has 1 heterocycles. The smallest absolute Gasteiger partial charge is 0.258 e. The second-order valence-electron chi connectivity index (χ2n) is 6.76. The molecule has 3 rings (SSSR count). The van der Waals surface area contributed by atoms with Crippen LogP contribution < -0.4 is 15.0 Å². The molecule has 0 fully saturated rings. The Bertz CT molecular complexity index is 774. The standard InChI is InChI=1S/C21H24N2O3/c1-15(2)20(22-19(24)14-26-17-9-4-3-5-10-17)21(25)23-13-12-16-8-6-7-11-18(16)23/h3-11,15,20H,12-14H2,1-2H3,(H,22,24). The number of anilines is 1. The van der Waals surface area contributed by atoms with E-state index in [1.807, 2.05) is 56.3 Å². The Morgan fingerprint density at radius 2 is 1.77 bits per heavy atom. The fourth-order valence-corrected chi connectivity index (χ4v) is 3.13.